The molecule has 2 aromatic carbocycles. The average Bonchev–Trinajstić information content (AvgIpc) is 2.48. The molecule has 0 bridgehead atoms. The fraction of sp³-hybridized carbons (Fsp3) is 0.125. The molecule has 0 aliphatic carbocycles. The molecule has 4 heteroatoms. The zero-order chi connectivity index (χ0) is 14.5. The van der Waals surface area contributed by atoms with E-state index in [2.05, 4.69) is 0 Å². The second-order valence-corrected chi connectivity index (χ2v) is 4.20. The minimum Gasteiger partial charge on any atom is -0.497 e. The first kappa shape index (κ1) is 13.8. The Morgan fingerprint density at radius 3 is 2.10 bits per heavy atom. The second-order valence-electron chi connectivity index (χ2n) is 4.20. The minimum atomic E-state index is -0.502. The van der Waals surface area contributed by atoms with Crippen molar-refractivity contribution >= 4 is 11.8 Å². The first-order chi connectivity index (χ1) is 9.60. The molecule has 102 valence electrons. The number of Topliss-reactive ketones (excluding diaryl/α,β-unsaturated/α-hetero) is 1. The first-order valence-corrected chi connectivity index (χ1v) is 6.07. The minimum absolute atomic E-state index is 0.0934. The maximum absolute atomic E-state index is 12.0. The van der Waals surface area contributed by atoms with E-state index in [0.717, 1.165) is 0 Å². The number of esters is 1. The summed E-state index contributed by atoms with van der Waals surface area (Å²) in [7, 11) is 1.56. The lowest BCUT2D eigenvalue weighted by molar-refractivity contribution is 0.0734. The van der Waals surface area contributed by atoms with Crippen LogP contribution in [0.15, 0.2) is 48.5 Å². The number of carbonyl (C=O) groups excluding carboxylic acids is 2. The Kier molecular flexibility index (Phi) is 4.15. The van der Waals surface area contributed by atoms with Crippen LogP contribution in [0.2, 0.25) is 0 Å². The molecule has 0 amide bonds. The molecule has 0 heterocycles. The first-order valence-electron chi connectivity index (χ1n) is 6.07. The van der Waals surface area contributed by atoms with Gasteiger partial charge in [-0.05, 0) is 43.3 Å². The third-order valence-corrected chi connectivity index (χ3v) is 2.77. The number of hydrogen-bond acceptors (Lipinski definition) is 4. The van der Waals surface area contributed by atoms with Crippen LogP contribution in [-0.2, 0) is 0 Å². The van der Waals surface area contributed by atoms with Gasteiger partial charge < -0.3 is 9.47 Å². The van der Waals surface area contributed by atoms with E-state index in [1.54, 1.807) is 49.6 Å². The molecule has 2 aromatic rings. The maximum Gasteiger partial charge on any atom is 0.343 e. The van der Waals surface area contributed by atoms with Gasteiger partial charge in [0.05, 0.1) is 12.7 Å². The van der Waals surface area contributed by atoms with Gasteiger partial charge in [-0.2, -0.15) is 0 Å². The number of hydrogen-bond donors (Lipinski definition) is 0. The van der Waals surface area contributed by atoms with Crippen LogP contribution in [0, 0.1) is 0 Å². The highest BCUT2D eigenvalue weighted by Crippen LogP contribution is 2.18. The van der Waals surface area contributed by atoms with Crippen LogP contribution >= 0.6 is 0 Å². The lowest BCUT2D eigenvalue weighted by Gasteiger charge is -2.06. The summed E-state index contributed by atoms with van der Waals surface area (Å²) in [6.45, 7) is 1.45. The van der Waals surface area contributed by atoms with Crippen molar-refractivity contribution in [2.24, 2.45) is 0 Å². The molecule has 0 saturated heterocycles. The Bertz CT molecular complexity index is 629. The van der Waals surface area contributed by atoms with E-state index in [1.807, 2.05) is 0 Å². The second kappa shape index (κ2) is 6.02. The van der Waals surface area contributed by atoms with E-state index in [4.69, 9.17) is 9.47 Å². The van der Waals surface area contributed by atoms with Crippen molar-refractivity contribution in [3.8, 4) is 11.5 Å². The van der Waals surface area contributed by atoms with Crippen LogP contribution < -0.4 is 9.47 Å². The molecule has 0 aliphatic rings. The summed E-state index contributed by atoms with van der Waals surface area (Å²) >= 11 is 0. The van der Waals surface area contributed by atoms with Crippen LogP contribution in [0.4, 0.5) is 0 Å². The highest BCUT2D eigenvalue weighted by Gasteiger charge is 2.10. The van der Waals surface area contributed by atoms with Gasteiger partial charge in [-0.3, -0.25) is 4.79 Å². The quantitative estimate of drug-likeness (QED) is 0.486. The van der Waals surface area contributed by atoms with E-state index in [0.29, 0.717) is 22.6 Å². The Balaban J connectivity index is 2.14. The number of methoxy groups -OCH3 is 1. The predicted molar refractivity (Wildman–Crippen MR) is 74.4 cm³/mol. The van der Waals surface area contributed by atoms with Crippen molar-refractivity contribution in [2.45, 2.75) is 6.92 Å². The van der Waals surface area contributed by atoms with E-state index < -0.39 is 5.97 Å². The van der Waals surface area contributed by atoms with Crippen molar-refractivity contribution < 1.29 is 19.1 Å². The van der Waals surface area contributed by atoms with Gasteiger partial charge in [0.25, 0.3) is 0 Å². The maximum atomic E-state index is 12.0. The normalized spacial score (nSPS) is 9.90. The monoisotopic (exact) mass is 270 g/mol. The number of carbonyl (C=O) groups is 2. The summed E-state index contributed by atoms with van der Waals surface area (Å²) in [4.78, 5) is 23.3. The molecule has 0 spiro atoms. The number of rotatable bonds is 4. The van der Waals surface area contributed by atoms with Crippen LogP contribution in [-0.4, -0.2) is 18.9 Å². The Labute approximate surface area is 116 Å². The van der Waals surface area contributed by atoms with E-state index >= 15 is 0 Å². The molecular weight excluding hydrogens is 256 g/mol. The molecule has 0 aromatic heterocycles. The highest BCUT2D eigenvalue weighted by atomic mass is 16.5. The molecule has 0 aliphatic heterocycles. The van der Waals surface area contributed by atoms with Crippen LogP contribution in [0.25, 0.3) is 0 Å². The van der Waals surface area contributed by atoms with Gasteiger partial charge in [-0.25, -0.2) is 4.79 Å². The van der Waals surface area contributed by atoms with Crippen LogP contribution in [0.5, 0.6) is 11.5 Å². The average molecular weight is 270 g/mol. The summed E-state index contributed by atoms with van der Waals surface area (Å²) in [5.41, 5.74) is 0.822. The SMILES string of the molecule is COc1ccc(OC(=O)c2cccc(C(C)=O)c2)cc1. The summed E-state index contributed by atoms with van der Waals surface area (Å²) in [5.74, 6) is 0.509. The molecule has 0 radical (unpaired) electrons. The van der Waals surface area contributed by atoms with Crippen molar-refractivity contribution in [1.29, 1.82) is 0 Å². The summed E-state index contributed by atoms with van der Waals surface area (Å²) in [6, 6.07) is 13.1. The van der Waals surface area contributed by atoms with Gasteiger partial charge in [0.2, 0.25) is 0 Å². The Morgan fingerprint density at radius 1 is 0.900 bits per heavy atom. The molecule has 0 fully saturated rings. The molecule has 0 N–H and O–H groups in total. The van der Waals surface area contributed by atoms with Gasteiger partial charge in [0.1, 0.15) is 11.5 Å². The smallest absolute Gasteiger partial charge is 0.343 e. The lowest BCUT2D eigenvalue weighted by atomic mass is 10.1. The summed E-state index contributed by atoms with van der Waals surface area (Å²) < 4.78 is 10.3. The summed E-state index contributed by atoms with van der Waals surface area (Å²) in [6.07, 6.45) is 0. The van der Waals surface area contributed by atoms with Gasteiger partial charge in [0, 0.05) is 5.56 Å². The number of benzene rings is 2. The number of ether oxygens (including phenoxy) is 2. The van der Waals surface area contributed by atoms with Crippen molar-refractivity contribution in [3.05, 3.63) is 59.7 Å². The topological polar surface area (TPSA) is 52.6 Å². The van der Waals surface area contributed by atoms with Crippen molar-refractivity contribution in [2.75, 3.05) is 7.11 Å². The zero-order valence-electron chi connectivity index (χ0n) is 11.3. The van der Waals surface area contributed by atoms with E-state index in [-0.39, 0.29) is 5.78 Å². The van der Waals surface area contributed by atoms with Gasteiger partial charge in [0.15, 0.2) is 5.78 Å². The van der Waals surface area contributed by atoms with Gasteiger partial charge in [-0.1, -0.05) is 12.1 Å². The van der Waals surface area contributed by atoms with Crippen molar-refractivity contribution in [3.63, 3.8) is 0 Å². The highest BCUT2D eigenvalue weighted by molar-refractivity contribution is 5.98. The fourth-order valence-corrected chi connectivity index (χ4v) is 1.67. The lowest BCUT2D eigenvalue weighted by Crippen LogP contribution is -2.09. The van der Waals surface area contributed by atoms with Gasteiger partial charge in [-0.15, -0.1) is 0 Å². The number of ketones is 1. The van der Waals surface area contributed by atoms with Gasteiger partial charge >= 0.3 is 5.97 Å². The predicted octanol–water partition coefficient (Wildman–Crippen LogP) is 3.12. The molecule has 0 saturated carbocycles. The largest absolute Gasteiger partial charge is 0.497 e. The molecule has 2 rings (SSSR count). The van der Waals surface area contributed by atoms with Crippen LogP contribution in [0.1, 0.15) is 27.6 Å². The zero-order valence-corrected chi connectivity index (χ0v) is 11.3. The molecule has 0 atom stereocenters. The van der Waals surface area contributed by atoms with Crippen LogP contribution in [0.3, 0.4) is 0 Å². The fourth-order valence-electron chi connectivity index (χ4n) is 1.67. The molecular formula is C16H14O4. The van der Waals surface area contributed by atoms with E-state index in [9.17, 15) is 9.59 Å². The standard InChI is InChI=1S/C16H14O4/c1-11(17)12-4-3-5-13(10-12)16(18)20-15-8-6-14(19-2)7-9-15/h3-10H,1-2H3. The third-order valence-electron chi connectivity index (χ3n) is 2.77. The molecule has 20 heavy (non-hydrogen) atoms. The molecule has 0 unspecified atom stereocenters. The van der Waals surface area contributed by atoms with E-state index in [1.165, 1.54) is 13.0 Å². The summed E-state index contributed by atoms with van der Waals surface area (Å²) in [5, 5.41) is 0. The third kappa shape index (κ3) is 3.23. The van der Waals surface area contributed by atoms with Crippen molar-refractivity contribution in [1.82, 2.24) is 0 Å². The Morgan fingerprint density at radius 2 is 1.50 bits per heavy atom. The Hall–Kier alpha value is -2.62. The molecule has 4 nitrogen and oxygen atoms in total.